The Hall–Kier alpha value is -1.46. The normalized spacial score (nSPS) is 31.8. The molecule has 4 heterocycles. The van der Waals surface area contributed by atoms with Gasteiger partial charge >= 0.3 is 0 Å². The Kier molecular flexibility index (Phi) is 4.07. The second-order valence-electron chi connectivity index (χ2n) is 7.31. The molecule has 3 aliphatic rings. The van der Waals surface area contributed by atoms with E-state index in [0.29, 0.717) is 17.0 Å². The first-order chi connectivity index (χ1) is 11.3. The highest BCUT2D eigenvalue weighted by atomic mass is 16.5. The van der Waals surface area contributed by atoms with E-state index in [1.807, 2.05) is 12.1 Å². The third kappa shape index (κ3) is 3.00. The zero-order valence-electron chi connectivity index (χ0n) is 13.6. The van der Waals surface area contributed by atoms with Gasteiger partial charge in [0, 0.05) is 50.1 Å². The predicted octanol–water partition coefficient (Wildman–Crippen LogP) is 1.80. The van der Waals surface area contributed by atoms with Crippen molar-refractivity contribution in [3.63, 3.8) is 0 Å². The second-order valence-corrected chi connectivity index (χ2v) is 7.31. The van der Waals surface area contributed by atoms with Gasteiger partial charge in [-0.25, -0.2) is 0 Å². The van der Waals surface area contributed by atoms with E-state index in [4.69, 9.17) is 4.74 Å². The molecule has 3 saturated heterocycles. The monoisotopic (exact) mass is 315 g/mol. The molecule has 5 nitrogen and oxygen atoms in total. The summed E-state index contributed by atoms with van der Waals surface area (Å²) in [4.78, 5) is 21.5. The van der Waals surface area contributed by atoms with Crippen LogP contribution in [0, 0.1) is 5.41 Å². The van der Waals surface area contributed by atoms with Crippen molar-refractivity contribution >= 4 is 5.91 Å². The van der Waals surface area contributed by atoms with Crippen molar-refractivity contribution in [2.45, 2.75) is 31.7 Å². The van der Waals surface area contributed by atoms with Gasteiger partial charge in [0.2, 0.25) is 0 Å². The molecule has 0 radical (unpaired) electrons. The average molecular weight is 315 g/mol. The number of carbonyl (C=O) groups is 1. The summed E-state index contributed by atoms with van der Waals surface area (Å²) in [6.45, 7) is 5.84. The summed E-state index contributed by atoms with van der Waals surface area (Å²) >= 11 is 0. The van der Waals surface area contributed by atoms with Crippen molar-refractivity contribution in [2.24, 2.45) is 5.41 Å². The molecular weight excluding hydrogens is 290 g/mol. The molecule has 0 unspecified atom stereocenters. The molecule has 0 aliphatic carbocycles. The molecule has 1 spiro atoms. The van der Waals surface area contributed by atoms with Gasteiger partial charge in [-0.05, 0) is 44.4 Å². The maximum atomic E-state index is 12.7. The van der Waals surface area contributed by atoms with Crippen LogP contribution in [0.3, 0.4) is 0 Å². The molecule has 0 bridgehead atoms. The van der Waals surface area contributed by atoms with Crippen LogP contribution in [-0.4, -0.2) is 66.1 Å². The number of piperidine rings is 1. The molecule has 2 atom stereocenters. The van der Waals surface area contributed by atoms with Crippen LogP contribution < -0.4 is 0 Å². The quantitative estimate of drug-likeness (QED) is 0.835. The van der Waals surface area contributed by atoms with E-state index in [2.05, 4.69) is 14.8 Å². The van der Waals surface area contributed by atoms with E-state index in [1.165, 1.54) is 12.8 Å². The summed E-state index contributed by atoms with van der Waals surface area (Å²) in [5, 5.41) is 0. The number of likely N-dealkylation sites (tertiary alicyclic amines) is 2. The van der Waals surface area contributed by atoms with Crippen molar-refractivity contribution in [1.29, 1.82) is 0 Å². The fourth-order valence-corrected chi connectivity index (χ4v) is 4.48. The SMILES string of the molecule is O=C(c1cccnc1)N1CCC[C@@]2(CCN([C@H]3CCOC3)C2)C1. The number of carbonyl (C=O) groups excluding carboxylic acids is 1. The van der Waals surface area contributed by atoms with E-state index in [1.54, 1.807) is 12.4 Å². The van der Waals surface area contributed by atoms with Crippen molar-refractivity contribution in [1.82, 2.24) is 14.8 Å². The summed E-state index contributed by atoms with van der Waals surface area (Å²) in [5.74, 6) is 0.139. The Morgan fingerprint density at radius 1 is 1.30 bits per heavy atom. The molecule has 23 heavy (non-hydrogen) atoms. The fourth-order valence-electron chi connectivity index (χ4n) is 4.48. The predicted molar refractivity (Wildman–Crippen MR) is 87.2 cm³/mol. The lowest BCUT2D eigenvalue weighted by atomic mass is 9.79. The van der Waals surface area contributed by atoms with Crippen molar-refractivity contribution < 1.29 is 9.53 Å². The van der Waals surface area contributed by atoms with Crippen LogP contribution in [0.25, 0.3) is 0 Å². The number of hydrogen-bond donors (Lipinski definition) is 0. The standard InChI is InChI=1S/C18H25N3O2/c22-17(15-3-1-7-19-11-15)21-8-2-5-18(14-21)6-9-20(13-18)16-4-10-23-12-16/h1,3,7,11,16H,2,4-6,8-10,12-14H2/t16-,18-/m0/s1. The van der Waals surface area contributed by atoms with Crippen molar-refractivity contribution in [2.75, 3.05) is 39.4 Å². The zero-order chi connectivity index (χ0) is 15.7. The lowest BCUT2D eigenvalue weighted by Crippen LogP contribution is -2.48. The van der Waals surface area contributed by atoms with Gasteiger partial charge in [-0.1, -0.05) is 0 Å². The molecule has 0 N–H and O–H groups in total. The number of rotatable bonds is 2. The molecule has 3 aliphatic heterocycles. The lowest BCUT2D eigenvalue weighted by Gasteiger charge is -2.41. The van der Waals surface area contributed by atoms with E-state index >= 15 is 0 Å². The van der Waals surface area contributed by atoms with E-state index in [-0.39, 0.29) is 5.91 Å². The van der Waals surface area contributed by atoms with Crippen LogP contribution >= 0.6 is 0 Å². The summed E-state index contributed by atoms with van der Waals surface area (Å²) in [6, 6.07) is 4.30. The fraction of sp³-hybridized carbons (Fsp3) is 0.667. The maximum absolute atomic E-state index is 12.7. The molecule has 124 valence electrons. The largest absolute Gasteiger partial charge is 0.380 e. The second kappa shape index (κ2) is 6.21. The Balaban J connectivity index is 1.44. The molecule has 5 heteroatoms. The summed E-state index contributed by atoms with van der Waals surface area (Å²) in [6.07, 6.45) is 8.12. The molecule has 4 rings (SSSR count). The van der Waals surface area contributed by atoms with Crippen LogP contribution in [0.5, 0.6) is 0 Å². The molecule has 0 aromatic carbocycles. The number of amides is 1. The van der Waals surface area contributed by atoms with Gasteiger partial charge in [0.25, 0.3) is 5.91 Å². The first-order valence-corrected chi connectivity index (χ1v) is 8.77. The minimum absolute atomic E-state index is 0.139. The summed E-state index contributed by atoms with van der Waals surface area (Å²) in [7, 11) is 0. The Labute approximate surface area is 137 Å². The molecular formula is C18H25N3O2. The minimum Gasteiger partial charge on any atom is -0.380 e. The van der Waals surface area contributed by atoms with E-state index in [0.717, 1.165) is 52.2 Å². The van der Waals surface area contributed by atoms with Crippen LogP contribution in [0.1, 0.15) is 36.0 Å². The van der Waals surface area contributed by atoms with Gasteiger partial charge in [0.15, 0.2) is 0 Å². The third-order valence-electron chi connectivity index (χ3n) is 5.75. The highest BCUT2D eigenvalue weighted by Crippen LogP contribution is 2.40. The molecule has 1 amide bonds. The zero-order valence-corrected chi connectivity index (χ0v) is 13.6. The van der Waals surface area contributed by atoms with Gasteiger partial charge in [-0.2, -0.15) is 0 Å². The Bertz CT molecular complexity index is 559. The lowest BCUT2D eigenvalue weighted by molar-refractivity contribution is 0.0510. The van der Waals surface area contributed by atoms with Crippen LogP contribution in [0.2, 0.25) is 0 Å². The first kappa shape index (κ1) is 15.1. The summed E-state index contributed by atoms with van der Waals surface area (Å²) < 4.78 is 5.55. The van der Waals surface area contributed by atoms with Gasteiger partial charge in [-0.15, -0.1) is 0 Å². The van der Waals surface area contributed by atoms with Crippen molar-refractivity contribution in [3.8, 4) is 0 Å². The topological polar surface area (TPSA) is 45.7 Å². The number of hydrogen-bond acceptors (Lipinski definition) is 4. The van der Waals surface area contributed by atoms with Gasteiger partial charge in [0.1, 0.15) is 0 Å². The first-order valence-electron chi connectivity index (χ1n) is 8.77. The number of pyridine rings is 1. The van der Waals surface area contributed by atoms with Crippen LogP contribution in [0.15, 0.2) is 24.5 Å². The third-order valence-corrected chi connectivity index (χ3v) is 5.75. The Morgan fingerprint density at radius 3 is 3.04 bits per heavy atom. The molecule has 1 aromatic rings. The Morgan fingerprint density at radius 2 is 2.26 bits per heavy atom. The van der Waals surface area contributed by atoms with Gasteiger partial charge in [-0.3, -0.25) is 14.7 Å². The van der Waals surface area contributed by atoms with E-state index in [9.17, 15) is 4.79 Å². The smallest absolute Gasteiger partial charge is 0.255 e. The van der Waals surface area contributed by atoms with Gasteiger partial charge in [0.05, 0.1) is 12.2 Å². The van der Waals surface area contributed by atoms with Gasteiger partial charge < -0.3 is 9.64 Å². The van der Waals surface area contributed by atoms with Crippen LogP contribution in [-0.2, 0) is 4.74 Å². The highest BCUT2D eigenvalue weighted by Gasteiger charge is 2.44. The highest BCUT2D eigenvalue weighted by molar-refractivity contribution is 5.94. The number of nitrogens with zero attached hydrogens (tertiary/aromatic N) is 3. The molecule has 3 fully saturated rings. The number of ether oxygens (including phenoxy) is 1. The molecule has 1 aromatic heterocycles. The number of aromatic nitrogens is 1. The molecule has 0 saturated carbocycles. The average Bonchev–Trinajstić information content (AvgIpc) is 3.25. The van der Waals surface area contributed by atoms with E-state index < -0.39 is 0 Å². The maximum Gasteiger partial charge on any atom is 0.255 e. The summed E-state index contributed by atoms with van der Waals surface area (Å²) in [5.41, 5.74) is 1.00. The minimum atomic E-state index is 0.139. The van der Waals surface area contributed by atoms with Crippen molar-refractivity contribution in [3.05, 3.63) is 30.1 Å². The van der Waals surface area contributed by atoms with Crippen LogP contribution in [0.4, 0.5) is 0 Å².